The summed E-state index contributed by atoms with van der Waals surface area (Å²) in [5.41, 5.74) is 2.02. The van der Waals surface area contributed by atoms with Gasteiger partial charge in [0.2, 0.25) is 0 Å². The third-order valence-electron chi connectivity index (χ3n) is 1.50. The van der Waals surface area contributed by atoms with Crippen LogP contribution in [0.5, 0.6) is 0 Å². The van der Waals surface area contributed by atoms with Crippen LogP contribution in [0.1, 0.15) is 20.8 Å². The zero-order valence-corrected chi connectivity index (χ0v) is 8.37. The van der Waals surface area contributed by atoms with Crippen molar-refractivity contribution >= 4 is 5.91 Å². The summed E-state index contributed by atoms with van der Waals surface area (Å²) in [7, 11) is 0. The molecule has 2 atom stereocenters. The van der Waals surface area contributed by atoms with Gasteiger partial charge in [-0.3, -0.25) is 10.2 Å². The van der Waals surface area contributed by atoms with Crippen LogP contribution in [0.2, 0.25) is 0 Å². The van der Waals surface area contributed by atoms with Crippen LogP contribution >= 0.6 is 0 Å². The van der Waals surface area contributed by atoms with Crippen molar-refractivity contribution in [2.45, 2.75) is 33.0 Å². The highest BCUT2D eigenvalue weighted by atomic mass is 16.5. The maximum atomic E-state index is 10.9. The minimum atomic E-state index is -0.541. The number of hydrogen-bond acceptors (Lipinski definition) is 4. The van der Waals surface area contributed by atoms with Crippen LogP contribution in [-0.4, -0.2) is 31.3 Å². The Morgan fingerprint density at radius 3 is 2.62 bits per heavy atom. The lowest BCUT2D eigenvalue weighted by atomic mass is 10.3. The lowest BCUT2D eigenvalue weighted by Gasteiger charge is -2.17. The average Bonchev–Trinajstić information content (AvgIpc) is 2.13. The van der Waals surface area contributed by atoms with Gasteiger partial charge < -0.3 is 9.47 Å². The number of nitrogens with one attached hydrogen (secondary N) is 1. The lowest BCUT2D eigenvalue weighted by Crippen LogP contribution is -2.40. The maximum absolute atomic E-state index is 10.9. The summed E-state index contributed by atoms with van der Waals surface area (Å²) in [6, 6.07) is 0. The molecule has 0 saturated heterocycles. The van der Waals surface area contributed by atoms with Gasteiger partial charge in [-0.05, 0) is 20.8 Å². The third kappa shape index (κ3) is 5.57. The molecule has 0 aliphatic carbocycles. The molecule has 78 valence electrons. The summed E-state index contributed by atoms with van der Waals surface area (Å²) in [6.07, 6.45) is -0.646. The quantitative estimate of drug-likeness (QED) is 0.346. The molecular formula is C8H18N2O3. The van der Waals surface area contributed by atoms with Crippen LogP contribution < -0.4 is 11.3 Å². The summed E-state index contributed by atoms with van der Waals surface area (Å²) in [6.45, 7) is 6.52. The number of carbonyl (C=O) groups excluding carboxylic acids is 1. The number of hydrazine groups is 1. The number of carbonyl (C=O) groups is 1. The fourth-order valence-electron chi connectivity index (χ4n) is 0.851. The highest BCUT2D eigenvalue weighted by molar-refractivity contribution is 5.79. The third-order valence-corrected chi connectivity index (χ3v) is 1.50. The van der Waals surface area contributed by atoms with Crippen LogP contribution in [0.15, 0.2) is 0 Å². The highest BCUT2D eigenvalue weighted by Crippen LogP contribution is 1.98. The molecule has 0 aromatic rings. The van der Waals surface area contributed by atoms with Gasteiger partial charge in [-0.2, -0.15) is 0 Å². The Morgan fingerprint density at radius 2 is 2.15 bits per heavy atom. The Morgan fingerprint density at radius 1 is 1.54 bits per heavy atom. The molecule has 0 rings (SSSR count). The molecule has 0 aromatic heterocycles. The largest absolute Gasteiger partial charge is 0.379 e. The van der Waals surface area contributed by atoms with Crippen molar-refractivity contribution in [1.29, 1.82) is 0 Å². The van der Waals surface area contributed by atoms with Crippen LogP contribution in [0, 0.1) is 0 Å². The van der Waals surface area contributed by atoms with Gasteiger partial charge in [-0.15, -0.1) is 0 Å². The first kappa shape index (κ1) is 12.3. The van der Waals surface area contributed by atoms with Crippen molar-refractivity contribution in [3.63, 3.8) is 0 Å². The van der Waals surface area contributed by atoms with Crippen molar-refractivity contribution < 1.29 is 14.3 Å². The second-order valence-electron chi connectivity index (χ2n) is 2.76. The molecule has 1 amide bonds. The van der Waals surface area contributed by atoms with Crippen molar-refractivity contribution in [1.82, 2.24) is 5.43 Å². The molecule has 0 aliphatic rings. The van der Waals surface area contributed by atoms with E-state index in [9.17, 15) is 4.79 Å². The summed E-state index contributed by atoms with van der Waals surface area (Å²) in [4.78, 5) is 10.9. The van der Waals surface area contributed by atoms with E-state index in [2.05, 4.69) is 0 Å². The summed E-state index contributed by atoms with van der Waals surface area (Å²) < 4.78 is 10.4. The van der Waals surface area contributed by atoms with Crippen LogP contribution in [0.4, 0.5) is 0 Å². The molecule has 0 aliphatic heterocycles. The van der Waals surface area contributed by atoms with Gasteiger partial charge in [0.05, 0.1) is 12.7 Å². The van der Waals surface area contributed by atoms with Gasteiger partial charge in [0.15, 0.2) is 0 Å². The van der Waals surface area contributed by atoms with Crippen LogP contribution in [-0.2, 0) is 14.3 Å². The predicted octanol–water partition coefficient (Wildman–Crippen LogP) is -0.194. The number of rotatable bonds is 6. The molecule has 0 heterocycles. The van der Waals surface area contributed by atoms with Crippen molar-refractivity contribution in [3.8, 4) is 0 Å². The molecule has 0 spiro atoms. The molecule has 2 unspecified atom stereocenters. The van der Waals surface area contributed by atoms with Crippen molar-refractivity contribution in [3.05, 3.63) is 0 Å². The lowest BCUT2D eigenvalue weighted by molar-refractivity contribution is -0.136. The van der Waals surface area contributed by atoms with Gasteiger partial charge in [-0.1, -0.05) is 0 Å². The molecule has 3 N–H and O–H groups in total. The second kappa shape index (κ2) is 6.82. The van der Waals surface area contributed by atoms with Crippen LogP contribution in [0.3, 0.4) is 0 Å². The van der Waals surface area contributed by atoms with E-state index in [1.54, 1.807) is 6.92 Å². The number of hydrogen-bond donors (Lipinski definition) is 2. The van der Waals surface area contributed by atoms with Crippen LogP contribution in [0.25, 0.3) is 0 Å². The van der Waals surface area contributed by atoms with Gasteiger partial charge >= 0.3 is 0 Å². The summed E-state index contributed by atoms with van der Waals surface area (Å²) >= 11 is 0. The zero-order chi connectivity index (χ0) is 10.3. The molecule has 0 radical (unpaired) electrons. The second-order valence-corrected chi connectivity index (χ2v) is 2.76. The minimum Gasteiger partial charge on any atom is -0.379 e. The highest BCUT2D eigenvalue weighted by Gasteiger charge is 2.15. The summed E-state index contributed by atoms with van der Waals surface area (Å²) in [5.74, 6) is 4.61. The molecule has 5 heteroatoms. The van der Waals surface area contributed by atoms with E-state index < -0.39 is 6.10 Å². The Hall–Kier alpha value is -0.650. The van der Waals surface area contributed by atoms with Gasteiger partial charge in [0, 0.05) is 6.61 Å². The van der Waals surface area contributed by atoms with E-state index in [0.29, 0.717) is 13.2 Å². The molecule has 0 bridgehead atoms. The number of amides is 1. The average molecular weight is 190 g/mol. The first-order valence-corrected chi connectivity index (χ1v) is 4.35. The van der Waals surface area contributed by atoms with Gasteiger partial charge in [-0.25, -0.2) is 5.84 Å². The SMILES string of the molecule is CCOCC(C)OC(C)C(=O)NN. The molecule has 0 fully saturated rings. The van der Waals surface area contributed by atoms with E-state index in [0.717, 1.165) is 0 Å². The molecule has 13 heavy (non-hydrogen) atoms. The Labute approximate surface area is 78.5 Å². The minimum absolute atomic E-state index is 0.104. The Balaban J connectivity index is 3.64. The first-order valence-electron chi connectivity index (χ1n) is 4.35. The van der Waals surface area contributed by atoms with Crippen molar-refractivity contribution in [2.75, 3.05) is 13.2 Å². The van der Waals surface area contributed by atoms with E-state index in [1.807, 2.05) is 19.3 Å². The fourth-order valence-corrected chi connectivity index (χ4v) is 0.851. The monoisotopic (exact) mass is 190 g/mol. The topological polar surface area (TPSA) is 73.6 Å². The first-order chi connectivity index (χ1) is 6.11. The smallest absolute Gasteiger partial charge is 0.262 e. The molecule has 5 nitrogen and oxygen atoms in total. The standard InChI is InChI=1S/C8H18N2O3/c1-4-12-5-6(2)13-7(3)8(11)10-9/h6-7H,4-5,9H2,1-3H3,(H,10,11). The normalized spacial score (nSPS) is 15.1. The van der Waals surface area contributed by atoms with E-state index >= 15 is 0 Å². The summed E-state index contributed by atoms with van der Waals surface area (Å²) in [5, 5.41) is 0. The molecular weight excluding hydrogens is 172 g/mol. The van der Waals surface area contributed by atoms with Crippen molar-refractivity contribution in [2.24, 2.45) is 5.84 Å². The van der Waals surface area contributed by atoms with Gasteiger partial charge in [0.1, 0.15) is 6.10 Å². The zero-order valence-electron chi connectivity index (χ0n) is 8.37. The molecule has 0 aromatic carbocycles. The predicted molar refractivity (Wildman–Crippen MR) is 48.8 cm³/mol. The number of nitrogens with two attached hydrogens (primary N) is 1. The van der Waals surface area contributed by atoms with Gasteiger partial charge in [0.25, 0.3) is 5.91 Å². The molecule has 0 saturated carbocycles. The Kier molecular flexibility index (Phi) is 6.48. The fraction of sp³-hybridized carbons (Fsp3) is 0.875. The van der Waals surface area contributed by atoms with E-state index in [-0.39, 0.29) is 12.0 Å². The Bertz CT molecular complexity index is 152. The maximum Gasteiger partial charge on any atom is 0.262 e. The van der Waals surface area contributed by atoms with E-state index in [1.165, 1.54) is 0 Å². The number of ether oxygens (including phenoxy) is 2. The van der Waals surface area contributed by atoms with E-state index in [4.69, 9.17) is 15.3 Å².